The van der Waals surface area contributed by atoms with Crippen molar-refractivity contribution < 1.29 is 14.7 Å². The molecule has 5 nitrogen and oxygen atoms in total. The average Bonchev–Trinajstić information content (AvgIpc) is 2.94. The minimum Gasteiger partial charge on any atom is -0.507 e. The zero-order chi connectivity index (χ0) is 27.3. The number of amides is 2. The van der Waals surface area contributed by atoms with Crippen LogP contribution in [0.3, 0.4) is 0 Å². The minimum absolute atomic E-state index is 0.00706. The molecule has 0 unspecified atom stereocenters. The lowest BCUT2D eigenvalue weighted by atomic mass is 10.1. The number of carbonyl (C=O) groups excluding carboxylic acids is 2. The molecule has 5 heteroatoms. The zero-order valence-corrected chi connectivity index (χ0v) is 22.9. The lowest BCUT2D eigenvalue weighted by molar-refractivity contribution is -0.132. The first-order chi connectivity index (χ1) is 18.6. The number of benzene rings is 1. The maximum Gasteiger partial charge on any atom is 0.257 e. The molecule has 2 rings (SSSR count). The summed E-state index contributed by atoms with van der Waals surface area (Å²) in [6.07, 6.45) is 33.1. The highest BCUT2D eigenvalue weighted by molar-refractivity contribution is 5.97. The number of hydrogen-bond donors (Lipinski definition) is 1. The summed E-state index contributed by atoms with van der Waals surface area (Å²) in [6.45, 7) is 4.18. The summed E-state index contributed by atoms with van der Waals surface area (Å²) in [5.41, 5.74) is 0.310. The fraction of sp³-hybridized carbons (Fsp3) is 0.394. The van der Waals surface area contributed by atoms with E-state index in [-0.39, 0.29) is 17.6 Å². The number of phenols is 1. The highest BCUT2D eigenvalue weighted by Gasteiger charge is 2.25. The van der Waals surface area contributed by atoms with Gasteiger partial charge in [-0.2, -0.15) is 0 Å². The first-order valence-corrected chi connectivity index (χ1v) is 13.9. The van der Waals surface area contributed by atoms with E-state index < -0.39 is 0 Å². The van der Waals surface area contributed by atoms with E-state index in [1.807, 2.05) is 4.90 Å². The van der Waals surface area contributed by atoms with Gasteiger partial charge in [-0.05, 0) is 57.1 Å². The van der Waals surface area contributed by atoms with Crippen LogP contribution in [0.1, 0.15) is 68.6 Å². The molecule has 1 aliphatic heterocycles. The first kappa shape index (κ1) is 30.6. The van der Waals surface area contributed by atoms with Gasteiger partial charge in [0.25, 0.3) is 5.91 Å². The second kappa shape index (κ2) is 19.5. The minimum atomic E-state index is -0.187. The van der Waals surface area contributed by atoms with Crippen molar-refractivity contribution in [1.82, 2.24) is 9.80 Å². The number of rotatable bonds is 15. The van der Waals surface area contributed by atoms with Crippen LogP contribution in [0.5, 0.6) is 5.75 Å². The number of aromatic hydroxyl groups is 1. The van der Waals surface area contributed by atoms with E-state index in [0.717, 1.165) is 44.9 Å². The van der Waals surface area contributed by atoms with Gasteiger partial charge < -0.3 is 14.9 Å². The normalized spacial score (nSPS) is 15.0. The Labute approximate surface area is 229 Å². The molecule has 1 saturated heterocycles. The lowest BCUT2D eigenvalue weighted by Gasteiger charge is -2.35. The number of allylic oxidation sites excluding steroid dienone is 12. The molecule has 0 bridgehead atoms. The van der Waals surface area contributed by atoms with E-state index >= 15 is 0 Å². The van der Waals surface area contributed by atoms with E-state index in [1.165, 1.54) is 6.07 Å². The quantitative estimate of drug-likeness (QED) is 0.252. The Morgan fingerprint density at radius 1 is 0.684 bits per heavy atom. The Balaban J connectivity index is 1.50. The fourth-order valence-electron chi connectivity index (χ4n) is 3.99. The molecule has 1 fully saturated rings. The highest BCUT2D eigenvalue weighted by atomic mass is 16.3. The molecule has 0 aromatic heterocycles. The third kappa shape index (κ3) is 12.6. The molecule has 1 aromatic carbocycles. The van der Waals surface area contributed by atoms with Crippen molar-refractivity contribution >= 4 is 11.8 Å². The molecule has 1 N–H and O–H groups in total. The number of piperazine rings is 1. The topological polar surface area (TPSA) is 60.9 Å². The Morgan fingerprint density at radius 3 is 1.63 bits per heavy atom. The average molecular weight is 517 g/mol. The number of carbonyl (C=O) groups is 2. The molecule has 0 spiro atoms. The molecule has 38 heavy (non-hydrogen) atoms. The zero-order valence-electron chi connectivity index (χ0n) is 22.9. The Bertz CT molecular complexity index is 1010. The van der Waals surface area contributed by atoms with Crippen molar-refractivity contribution in [2.45, 2.75) is 58.3 Å². The molecule has 1 aromatic rings. The SMILES string of the molecule is CC/C=C/C/C=C/C/C=C/C/C=C/C/C=C/C/C=C/CCC(=O)N1CCN(C(=O)c2ccccc2O)CC1. The van der Waals surface area contributed by atoms with Gasteiger partial charge in [-0.1, -0.05) is 92.0 Å². The number of nitrogens with zero attached hydrogens (tertiary/aromatic N) is 2. The van der Waals surface area contributed by atoms with Crippen LogP contribution in [-0.2, 0) is 4.79 Å². The van der Waals surface area contributed by atoms with Crippen LogP contribution < -0.4 is 0 Å². The fourth-order valence-corrected chi connectivity index (χ4v) is 3.99. The van der Waals surface area contributed by atoms with E-state index in [1.54, 1.807) is 23.1 Å². The summed E-state index contributed by atoms with van der Waals surface area (Å²) in [7, 11) is 0. The first-order valence-electron chi connectivity index (χ1n) is 13.9. The number of phenolic OH excluding ortho intramolecular Hbond substituents is 1. The molecule has 0 aliphatic carbocycles. The van der Waals surface area contributed by atoms with Gasteiger partial charge in [-0.15, -0.1) is 0 Å². The number of para-hydroxylation sites is 1. The molecule has 0 saturated carbocycles. The van der Waals surface area contributed by atoms with Crippen LogP contribution in [-0.4, -0.2) is 52.9 Å². The Kier molecular flexibility index (Phi) is 15.7. The van der Waals surface area contributed by atoms with Crippen LogP contribution in [0, 0.1) is 0 Å². The largest absolute Gasteiger partial charge is 0.507 e. The maximum atomic E-state index is 12.6. The van der Waals surface area contributed by atoms with E-state index in [4.69, 9.17) is 0 Å². The van der Waals surface area contributed by atoms with Crippen LogP contribution in [0.15, 0.2) is 97.2 Å². The molecule has 2 amide bonds. The second-order valence-electron chi connectivity index (χ2n) is 9.14. The maximum absolute atomic E-state index is 12.6. The summed E-state index contributed by atoms with van der Waals surface area (Å²) < 4.78 is 0. The van der Waals surface area contributed by atoms with Crippen LogP contribution in [0.4, 0.5) is 0 Å². The van der Waals surface area contributed by atoms with Gasteiger partial charge in [0.05, 0.1) is 5.56 Å². The van der Waals surface area contributed by atoms with Gasteiger partial charge >= 0.3 is 0 Å². The summed E-state index contributed by atoms with van der Waals surface area (Å²) in [5, 5.41) is 9.91. The molecule has 1 heterocycles. The molecule has 0 radical (unpaired) electrons. The molecule has 1 aliphatic rings. The molecule has 0 atom stereocenters. The Morgan fingerprint density at radius 2 is 1.13 bits per heavy atom. The van der Waals surface area contributed by atoms with Crippen LogP contribution in [0.25, 0.3) is 0 Å². The highest BCUT2D eigenvalue weighted by Crippen LogP contribution is 2.19. The summed E-state index contributed by atoms with van der Waals surface area (Å²) in [6, 6.07) is 6.58. The smallest absolute Gasteiger partial charge is 0.257 e. The van der Waals surface area contributed by atoms with Gasteiger partial charge in [0.1, 0.15) is 5.75 Å². The van der Waals surface area contributed by atoms with Crippen LogP contribution >= 0.6 is 0 Å². The third-order valence-corrected chi connectivity index (χ3v) is 6.18. The van der Waals surface area contributed by atoms with Crippen LogP contribution in [0.2, 0.25) is 0 Å². The van der Waals surface area contributed by atoms with Gasteiger partial charge in [0.15, 0.2) is 0 Å². The lowest BCUT2D eigenvalue weighted by Crippen LogP contribution is -2.50. The summed E-state index contributed by atoms with van der Waals surface area (Å²) >= 11 is 0. The van der Waals surface area contributed by atoms with Gasteiger partial charge in [0, 0.05) is 32.6 Å². The van der Waals surface area contributed by atoms with E-state index in [2.05, 4.69) is 79.8 Å². The van der Waals surface area contributed by atoms with Gasteiger partial charge in [-0.25, -0.2) is 0 Å². The van der Waals surface area contributed by atoms with E-state index in [9.17, 15) is 14.7 Å². The molecular formula is C33H44N2O3. The predicted octanol–water partition coefficient (Wildman–Crippen LogP) is 7.15. The molecular weight excluding hydrogens is 472 g/mol. The summed E-state index contributed by atoms with van der Waals surface area (Å²) in [5.74, 6) is -0.0697. The van der Waals surface area contributed by atoms with Crippen molar-refractivity contribution in [3.05, 3.63) is 103 Å². The second-order valence-corrected chi connectivity index (χ2v) is 9.14. The van der Waals surface area contributed by atoms with E-state index in [0.29, 0.717) is 38.2 Å². The predicted molar refractivity (Wildman–Crippen MR) is 158 cm³/mol. The summed E-state index contributed by atoms with van der Waals surface area (Å²) in [4.78, 5) is 28.6. The Hall–Kier alpha value is -3.60. The van der Waals surface area contributed by atoms with Crippen molar-refractivity contribution in [2.75, 3.05) is 26.2 Å². The van der Waals surface area contributed by atoms with Crippen molar-refractivity contribution in [3.63, 3.8) is 0 Å². The van der Waals surface area contributed by atoms with Gasteiger partial charge in [-0.3, -0.25) is 9.59 Å². The molecule has 204 valence electrons. The standard InChI is InChI=1S/C33H44N2O3/c1-2-3-4-5-6-7-8-9-10-11-12-13-14-15-16-17-18-19-20-25-32(37)34-26-28-35(29-27-34)33(38)30-23-21-22-24-31(30)36/h3-4,6-7,9-10,12-13,15-16,18-19,21-24,36H,2,5,8,11,14,17,20,25-29H2,1H3/b4-3+,7-6+,10-9+,13-12+,16-15+,19-18+. The van der Waals surface area contributed by atoms with Crippen molar-refractivity contribution in [2.24, 2.45) is 0 Å². The third-order valence-electron chi connectivity index (χ3n) is 6.18. The van der Waals surface area contributed by atoms with Gasteiger partial charge in [0.2, 0.25) is 5.91 Å². The monoisotopic (exact) mass is 516 g/mol. The van der Waals surface area contributed by atoms with Crippen molar-refractivity contribution in [1.29, 1.82) is 0 Å². The van der Waals surface area contributed by atoms with Crippen molar-refractivity contribution in [3.8, 4) is 5.75 Å². The number of hydrogen-bond acceptors (Lipinski definition) is 3.